The fourth-order valence-corrected chi connectivity index (χ4v) is 2.93. The first kappa shape index (κ1) is 13.9. The Morgan fingerprint density at radius 2 is 2.00 bits per heavy atom. The summed E-state index contributed by atoms with van der Waals surface area (Å²) >= 11 is 6.08. The van der Waals surface area contributed by atoms with Crippen molar-refractivity contribution in [1.29, 1.82) is 0 Å². The van der Waals surface area contributed by atoms with Gasteiger partial charge in [-0.15, -0.1) is 0 Å². The molecule has 0 amide bonds. The molecular formula is C16H12ClN5O. The fraction of sp³-hybridized carbons (Fsp3) is 0.125. The third-order valence-electron chi connectivity index (χ3n) is 3.89. The lowest BCUT2D eigenvalue weighted by atomic mass is 10.2. The van der Waals surface area contributed by atoms with Gasteiger partial charge in [0.05, 0.1) is 22.3 Å². The third-order valence-corrected chi connectivity index (χ3v) is 4.12. The van der Waals surface area contributed by atoms with Crippen LogP contribution in [0, 0.1) is 13.8 Å². The molecule has 0 saturated carbocycles. The number of aromatic nitrogens is 5. The van der Waals surface area contributed by atoms with E-state index in [1.54, 1.807) is 34.3 Å². The molecule has 0 atom stereocenters. The summed E-state index contributed by atoms with van der Waals surface area (Å²) in [6.45, 7) is 3.74. The van der Waals surface area contributed by atoms with Gasteiger partial charge in [-0.2, -0.15) is 14.6 Å². The molecule has 3 aromatic heterocycles. The second-order valence-electron chi connectivity index (χ2n) is 5.35. The minimum absolute atomic E-state index is 0.157. The molecule has 0 saturated heterocycles. The Bertz CT molecular complexity index is 1130. The van der Waals surface area contributed by atoms with Crippen LogP contribution in [-0.2, 0) is 0 Å². The van der Waals surface area contributed by atoms with Crippen molar-refractivity contribution in [3.8, 4) is 5.69 Å². The molecule has 3 heterocycles. The molecule has 6 nitrogen and oxygen atoms in total. The molecule has 0 aliphatic carbocycles. The number of halogens is 1. The molecule has 0 aliphatic rings. The predicted molar refractivity (Wildman–Crippen MR) is 88.4 cm³/mol. The number of rotatable bonds is 1. The monoisotopic (exact) mass is 325 g/mol. The molecule has 0 radical (unpaired) electrons. The van der Waals surface area contributed by atoms with Crippen molar-refractivity contribution in [3.05, 3.63) is 63.4 Å². The molecule has 1 aromatic carbocycles. The quantitative estimate of drug-likeness (QED) is 0.539. The van der Waals surface area contributed by atoms with E-state index in [2.05, 4.69) is 15.1 Å². The van der Waals surface area contributed by atoms with Crippen molar-refractivity contribution < 1.29 is 0 Å². The molecule has 23 heavy (non-hydrogen) atoms. The van der Waals surface area contributed by atoms with E-state index in [0.717, 1.165) is 11.3 Å². The molecule has 0 unspecified atom stereocenters. The maximum atomic E-state index is 13.0. The van der Waals surface area contributed by atoms with E-state index in [-0.39, 0.29) is 5.56 Å². The number of fused-ring (bicyclic) bond motifs is 3. The zero-order valence-corrected chi connectivity index (χ0v) is 13.2. The third kappa shape index (κ3) is 2.03. The van der Waals surface area contributed by atoms with Crippen LogP contribution in [0.1, 0.15) is 11.3 Å². The molecule has 0 spiro atoms. The number of nitrogens with zero attached hydrogens (tertiary/aromatic N) is 5. The zero-order valence-electron chi connectivity index (χ0n) is 12.5. The van der Waals surface area contributed by atoms with Gasteiger partial charge in [-0.1, -0.05) is 17.7 Å². The van der Waals surface area contributed by atoms with Crippen molar-refractivity contribution >= 4 is 28.3 Å². The van der Waals surface area contributed by atoms with Gasteiger partial charge in [0.25, 0.3) is 11.3 Å². The van der Waals surface area contributed by atoms with Crippen LogP contribution in [0.5, 0.6) is 0 Å². The van der Waals surface area contributed by atoms with Crippen LogP contribution in [-0.4, -0.2) is 24.1 Å². The maximum absolute atomic E-state index is 13.0. The van der Waals surface area contributed by atoms with Crippen molar-refractivity contribution in [2.75, 3.05) is 0 Å². The Labute approximate surface area is 136 Å². The summed E-state index contributed by atoms with van der Waals surface area (Å²) in [6, 6.07) is 7.31. The van der Waals surface area contributed by atoms with E-state index in [9.17, 15) is 4.79 Å². The Morgan fingerprint density at radius 1 is 1.17 bits per heavy atom. The van der Waals surface area contributed by atoms with Crippen LogP contribution in [0.4, 0.5) is 0 Å². The van der Waals surface area contributed by atoms with Gasteiger partial charge in [0, 0.05) is 11.2 Å². The first-order valence-electron chi connectivity index (χ1n) is 7.04. The van der Waals surface area contributed by atoms with E-state index in [4.69, 9.17) is 11.6 Å². The molecular weight excluding hydrogens is 314 g/mol. The van der Waals surface area contributed by atoms with Gasteiger partial charge in [-0.3, -0.25) is 9.36 Å². The van der Waals surface area contributed by atoms with Gasteiger partial charge in [-0.25, -0.2) is 4.98 Å². The summed E-state index contributed by atoms with van der Waals surface area (Å²) < 4.78 is 3.15. The van der Waals surface area contributed by atoms with Gasteiger partial charge in [0.15, 0.2) is 0 Å². The lowest BCUT2D eigenvalue weighted by Crippen LogP contribution is -2.20. The SMILES string of the molecule is Cc1ccc(Cl)cc1-n1ccc2c(c(C)nc3ncnn32)c1=O. The van der Waals surface area contributed by atoms with Crippen LogP contribution in [0.25, 0.3) is 22.4 Å². The van der Waals surface area contributed by atoms with Gasteiger partial charge in [0.1, 0.15) is 6.33 Å². The Morgan fingerprint density at radius 3 is 2.83 bits per heavy atom. The molecule has 7 heteroatoms. The number of pyridine rings is 1. The van der Waals surface area contributed by atoms with Gasteiger partial charge < -0.3 is 0 Å². The van der Waals surface area contributed by atoms with Crippen LogP contribution in [0.15, 0.2) is 41.6 Å². The summed E-state index contributed by atoms with van der Waals surface area (Å²) in [6.07, 6.45) is 3.15. The van der Waals surface area contributed by atoms with E-state index in [1.807, 2.05) is 19.1 Å². The van der Waals surface area contributed by atoms with Crippen LogP contribution in [0.3, 0.4) is 0 Å². The Hall–Kier alpha value is -2.73. The summed E-state index contributed by atoms with van der Waals surface area (Å²) in [5.41, 5.74) is 2.87. The smallest absolute Gasteiger partial charge is 0.266 e. The minimum atomic E-state index is -0.157. The Kier molecular flexibility index (Phi) is 2.96. The predicted octanol–water partition coefficient (Wildman–Crippen LogP) is 2.70. The highest BCUT2D eigenvalue weighted by molar-refractivity contribution is 6.30. The molecule has 4 rings (SSSR count). The van der Waals surface area contributed by atoms with Crippen LogP contribution >= 0.6 is 11.6 Å². The van der Waals surface area contributed by atoms with E-state index in [1.165, 1.54) is 6.33 Å². The second-order valence-corrected chi connectivity index (χ2v) is 5.79. The number of hydrogen-bond donors (Lipinski definition) is 0. The zero-order chi connectivity index (χ0) is 16.1. The lowest BCUT2D eigenvalue weighted by molar-refractivity contribution is 0.945. The average Bonchev–Trinajstić information content (AvgIpc) is 2.98. The molecule has 0 N–H and O–H groups in total. The van der Waals surface area contributed by atoms with Gasteiger partial charge >= 0.3 is 0 Å². The summed E-state index contributed by atoms with van der Waals surface area (Å²) in [5.74, 6) is 0.478. The molecule has 0 fully saturated rings. The molecule has 114 valence electrons. The molecule has 0 bridgehead atoms. The first-order chi connectivity index (χ1) is 11.1. The van der Waals surface area contributed by atoms with E-state index in [0.29, 0.717) is 27.4 Å². The van der Waals surface area contributed by atoms with Gasteiger partial charge in [0.2, 0.25) is 0 Å². The standard InChI is InChI=1S/C16H12ClN5O/c1-9-3-4-11(17)7-13(9)21-6-5-12-14(15(21)23)10(2)20-16-18-8-19-22(12)16/h3-8H,1-2H3. The minimum Gasteiger partial charge on any atom is -0.283 e. The van der Waals surface area contributed by atoms with Crippen molar-refractivity contribution in [2.45, 2.75) is 13.8 Å². The summed E-state index contributed by atoms with van der Waals surface area (Å²) in [5, 5.41) is 5.24. The van der Waals surface area contributed by atoms with Crippen LogP contribution in [0.2, 0.25) is 5.02 Å². The number of benzene rings is 1. The summed E-state index contributed by atoms with van der Waals surface area (Å²) in [7, 11) is 0. The Balaban J connectivity index is 2.13. The summed E-state index contributed by atoms with van der Waals surface area (Å²) in [4.78, 5) is 21.4. The van der Waals surface area contributed by atoms with Crippen molar-refractivity contribution in [3.63, 3.8) is 0 Å². The van der Waals surface area contributed by atoms with E-state index >= 15 is 0 Å². The van der Waals surface area contributed by atoms with Crippen LogP contribution < -0.4 is 5.56 Å². The highest BCUT2D eigenvalue weighted by Crippen LogP contribution is 2.20. The average molecular weight is 326 g/mol. The van der Waals surface area contributed by atoms with Gasteiger partial charge in [-0.05, 0) is 37.6 Å². The largest absolute Gasteiger partial charge is 0.283 e. The highest BCUT2D eigenvalue weighted by Gasteiger charge is 2.14. The first-order valence-corrected chi connectivity index (χ1v) is 7.42. The van der Waals surface area contributed by atoms with E-state index < -0.39 is 0 Å². The van der Waals surface area contributed by atoms with Crippen molar-refractivity contribution in [1.82, 2.24) is 24.1 Å². The van der Waals surface area contributed by atoms with Crippen molar-refractivity contribution in [2.24, 2.45) is 0 Å². The normalized spacial score (nSPS) is 11.4. The number of aryl methyl sites for hydroxylation is 2. The maximum Gasteiger partial charge on any atom is 0.266 e. The molecule has 4 aromatic rings. The number of hydrogen-bond acceptors (Lipinski definition) is 4. The topological polar surface area (TPSA) is 65.1 Å². The second kappa shape index (κ2) is 4.89. The molecule has 0 aliphatic heterocycles. The lowest BCUT2D eigenvalue weighted by Gasteiger charge is -2.12. The highest BCUT2D eigenvalue weighted by atomic mass is 35.5. The fourth-order valence-electron chi connectivity index (χ4n) is 2.76.